The molecule has 0 N–H and O–H groups in total. The molecule has 0 unspecified atom stereocenters. The standard InChI is InChI=1S/C19H17BrFNO2/c1-19(2,3)24-18(23)22-16-11-13(20)9-8-12(16)10-17(22)14-6-4-5-7-15(14)21/h4-11H,1-3H3. The van der Waals surface area contributed by atoms with Crippen LogP contribution in [0.15, 0.2) is 53.0 Å². The van der Waals surface area contributed by atoms with Crippen LogP contribution in [0.5, 0.6) is 0 Å². The molecule has 0 saturated heterocycles. The molecule has 1 heterocycles. The summed E-state index contributed by atoms with van der Waals surface area (Å²) in [5, 5.41) is 0.835. The Morgan fingerprint density at radius 2 is 1.83 bits per heavy atom. The molecule has 0 spiro atoms. The van der Waals surface area contributed by atoms with Crippen molar-refractivity contribution in [1.82, 2.24) is 4.57 Å². The summed E-state index contributed by atoms with van der Waals surface area (Å²) in [4.78, 5) is 12.8. The number of benzene rings is 2. The minimum Gasteiger partial charge on any atom is -0.443 e. The number of carbonyl (C=O) groups is 1. The molecule has 3 nitrogen and oxygen atoms in total. The zero-order chi connectivity index (χ0) is 17.5. The number of aromatic nitrogens is 1. The molecule has 2 aromatic carbocycles. The van der Waals surface area contributed by atoms with Crippen LogP contribution >= 0.6 is 15.9 Å². The summed E-state index contributed by atoms with van der Waals surface area (Å²) < 4.78 is 22.1. The highest BCUT2D eigenvalue weighted by Crippen LogP contribution is 2.32. The second kappa shape index (κ2) is 6.06. The number of hydrogen-bond donors (Lipinski definition) is 0. The quantitative estimate of drug-likeness (QED) is 0.511. The average Bonchev–Trinajstić information content (AvgIpc) is 2.84. The molecule has 0 amide bonds. The molecule has 5 heteroatoms. The minimum absolute atomic E-state index is 0.357. The molecule has 0 aliphatic rings. The van der Waals surface area contributed by atoms with Gasteiger partial charge in [0.1, 0.15) is 11.4 Å². The van der Waals surface area contributed by atoms with Crippen LogP contribution < -0.4 is 0 Å². The van der Waals surface area contributed by atoms with Gasteiger partial charge in [0.2, 0.25) is 0 Å². The minimum atomic E-state index is -0.647. The molecule has 0 aliphatic carbocycles. The van der Waals surface area contributed by atoms with E-state index in [1.54, 1.807) is 45.0 Å². The molecule has 0 aliphatic heterocycles. The zero-order valence-corrected chi connectivity index (χ0v) is 15.2. The lowest BCUT2D eigenvalue weighted by atomic mass is 10.1. The van der Waals surface area contributed by atoms with Crippen LogP contribution in [0.3, 0.4) is 0 Å². The van der Waals surface area contributed by atoms with Gasteiger partial charge >= 0.3 is 6.09 Å². The molecule has 24 heavy (non-hydrogen) atoms. The van der Waals surface area contributed by atoms with Crippen molar-refractivity contribution in [1.29, 1.82) is 0 Å². The number of fused-ring (bicyclic) bond motifs is 1. The molecular weight excluding hydrogens is 373 g/mol. The molecule has 0 fully saturated rings. The normalized spacial score (nSPS) is 11.7. The summed E-state index contributed by atoms with van der Waals surface area (Å²) in [6.45, 7) is 5.40. The molecule has 3 rings (SSSR count). The molecule has 1 aromatic heterocycles. The van der Waals surface area contributed by atoms with Gasteiger partial charge in [0.05, 0.1) is 11.2 Å². The van der Waals surface area contributed by atoms with Gasteiger partial charge in [0.15, 0.2) is 0 Å². The van der Waals surface area contributed by atoms with Gasteiger partial charge < -0.3 is 4.74 Å². The highest BCUT2D eigenvalue weighted by molar-refractivity contribution is 9.10. The fourth-order valence-corrected chi connectivity index (χ4v) is 2.89. The highest BCUT2D eigenvalue weighted by atomic mass is 79.9. The SMILES string of the molecule is CC(C)(C)OC(=O)n1c(-c2ccccc2F)cc2ccc(Br)cc21. The Morgan fingerprint density at radius 1 is 1.12 bits per heavy atom. The molecule has 0 bridgehead atoms. The van der Waals surface area contributed by atoms with E-state index in [0.29, 0.717) is 16.8 Å². The zero-order valence-electron chi connectivity index (χ0n) is 13.6. The van der Waals surface area contributed by atoms with Crippen molar-refractivity contribution >= 4 is 32.9 Å². The summed E-state index contributed by atoms with van der Waals surface area (Å²) in [6, 6.07) is 13.8. The fourth-order valence-electron chi connectivity index (χ4n) is 2.55. The smallest absolute Gasteiger partial charge is 0.419 e. The van der Waals surface area contributed by atoms with Crippen molar-refractivity contribution in [3.63, 3.8) is 0 Å². The van der Waals surface area contributed by atoms with Crippen LogP contribution in [0.4, 0.5) is 9.18 Å². The highest BCUT2D eigenvalue weighted by Gasteiger charge is 2.23. The van der Waals surface area contributed by atoms with E-state index >= 15 is 0 Å². The van der Waals surface area contributed by atoms with Gasteiger partial charge in [-0.15, -0.1) is 0 Å². The molecule has 0 saturated carbocycles. The van der Waals surface area contributed by atoms with E-state index in [0.717, 1.165) is 9.86 Å². The maximum Gasteiger partial charge on any atom is 0.419 e. The van der Waals surface area contributed by atoms with E-state index in [4.69, 9.17) is 4.74 Å². The molecular formula is C19H17BrFNO2. The Bertz CT molecular complexity index is 925. The number of rotatable bonds is 1. The van der Waals surface area contributed by atoms with E-state index < -0.39 is 11.7 Å². The van der Waals surface area contributed by atoms with Gasteiger partial charge in [-0.1, -0.05) is 34.1 Å². The van der Waals surface area contributed by atoms with E-state index in [1.165, 1.54) is 10.6 Å². The van der Waals surface area contributed by atoms with Crippen molar-refractivity contribution in [3.05, 3.63) is 58.8 Å². The van der Waals surface area contributed by atoms with Gasteiger partial charge in [-0.2, -0.15) is 0 Å². The van der Waals surface area contributed by atoms with Crippen LogP contribution in [0, 0.1) is 5.82 Å². The molecule has 124 valence electrons. The Balaban J connectivity index is 2.27. The van der Waals surface area contributed by atoms with Crippen LogP contribution in [-0.4, -0.2) is 16.3 Å². The first kappa shape index (κ1) is 16.7. The van der Waals surface area contributed by atoms with E-state index in [2.05, 4.69) is 15.9 Å². The third-order valence-corrected chi connectivity index (χ3v) is 3.99. The monoisotopic (exact) mass is 389 g/mol. The van der Waals surface area contributed by atoms with Gasteiger partial charge in [0, 0.05) is 15.4 Å². The summed E-state index contributed by atoms with van der Waals surface area (Å²) >= 11 is 3.42. The Labute approximate surface area is 148 Å². The number of halogens is 2. The van der Waals surface area contributed by atoms with Crippen molar-refractivity contribution in [3.8, 4) is 11.3 Å². The van der Waals surface area contributed by atoms with Gasteiger partial charge in [-0.05, 0) is 51.1 Å². The average molecular weight is 390 g/mol. The molecule has 0 radical (unpaired) electrons. The van der Waals surface area contributed by atoms with Crippen LogP contribution in [0.2, 0.25) is 0 Å². The number of nitrogens with zero attached hydrogens (tertiary/aromatic N) is 1. The first-order valence-electron chi connectivity index (χ1n) is 7.55. The third-order valence-electron chi connectivity index (χ3n) is 3.49. The second-order valence-electron chi connectivity index (χ2n) is 6.53. The molecule has 3 aromatic rings. The Hall–Kier alpha value is -2.14. The predicted octanol–water partition coefficient (Wildman–Crippen LogP) is 5.99. The van der Waals surface area contributed by atoms with Crippen molar-refractivity contribution in [2.75, 3.05) is 0 Å². The summed E-state index contributed by atoms with van der Waals surface area (Å²) in [5.74, 6) is -0.385. The Kier molecular flexibility index (Phi) is 4.22. The van der Waals surface area contributed by atoms with Crippen molar-refractivity contribution in [2.24, 2.45) is 0 Å². The third kappa shape index (κ3) is 3.22. The van der Waals surface area contributed by atoms with Gasteiger partial charge in [-0.25, -0.2) is 13.8 Å². The number of ether oxygens (including phenoxy) is 1. The lowest BCUT2D eigenvalue weighted by molar-refractivity contribution is 0.0547. The second-order valence-corrected chi connectivity index (χ2v) is 7.44. The van der Waals surface area contributed by atoms with E-state index in [-0.39, 0.29) is 5.82 Å². The summed E-state index contributed by atoms with van der Waals surface area (Å²) in [5.41, 5.74) is 0.842. The van der Waals surface area contributed by atoms with Gasteiger partial charge in [0.25, 0.3) is 0 Å². The fraction of sp³-hybridized carbons (Fsp3) is 0.211. The maximum absolute atomic E-state index is 14.3. The summed E-state index contributed by atoms with van der Waals surface area (Å²) in [7, 11) is 0. The van der Waals surface area contributed by atoms with Crippen LogP contribution in [-0.2, 0) is 4.74 Å². The number of hydrogen-bond acceptors (Lipinski definition) is 2. The lowest BCUT2D eigenvalue weighted by Crippen LogP contribution is -2.27. The molecule has 0 atom stereocenters. The first-order valence-corrected chi connectivity index (χ1v) is 8.35. The van der Waals surface area contributed by atoms with E-state index in [1.807, 2.05) is 18.2 Å². The largest absolute Gasteiger partial charge is 0.443 e. The summed E-state index contributed by atoms with van der Waals surface area (Å²) in [6.07, 6.45) is -0.533. The maximum atomic E-state index is 14.3. The van der Waals surface area contributed by atoms with Gasteiger partial charge in [-0.3, -0.25) is 0 Å². The Morgan fingerprint density at radius 3 is 2.50 bits per heavy atom. The number of carbonyl (C=O) groups excluding carboxylic acids is 1. The lowest BCUT2D eigenvalue weighted by Gasteiger charge is -2.21. The van der Waals surface area contributed by atoms with Crippen LogP contribution in [0.1, 0.15) is 20.8 Å². The first-order chi connectivity index (χ1) is 11.3. The topological polar surface area (TPSA) is 31.2 Å². The van der Waals surface area contributed by atoms with E-state index in [9.17, 15) is 9.18 Å². The van der Waals surface area contributed by atoms with Crippen LogP contribution in [0.25, 0.3) is 22.2 Å². The predicted molar refractivity (Wildman–Crippen MR) is 96.7 cm³/mol. The van der Waals surface area contributed by atoms with Crippen molar-refractivity contribution in [2.45, 2.75) is 26.4 Å². The van der Waals surface area contributed by atoms with Crippen molar-refractivity contribution < 1.29 is 13.9 Å².